The highest BCUT2D eigenvalue weighted by Gasteiger charge is 2.36. The molecule has 1 fully saturated rings. The van der Waals surface area contributed by atoms with Gasteiger partial charge in [-0.2, -0.15) is 0 Å². The molecule has 0 aliphatic carbocycles. The third-order valence-electron chi connectivity index (χ3n) is 3.94. The Bertz CT molecular complexity index is 731. The van der Waals surface area contributed by atoms with Crippen LogP contribution < -0.4 is 5.32 Å². The number of rotatable bonds is 4. The molecule has 1 N–H and O–H groups in total. The smallest absolute Gasteiger partial charge is 0.412 e. The average molecular weight is 340 g/mol. The normalized spacial score (nSPS) is 16.5. The molecule has 1 atom stereocenters. The number of carbonyl (C=O) groups excluding carboxylic acids is 2. The fraction of sp³-hybridized carbons (Fsp3) is 0.263. The minimum absolute atomic E-state index is 0.0413. The highest BCUT2D eigenvalue weighted by atomic mass is 16.6. The molecule has 1 aliphatic rings. The Morgan fingerprint density at radius 2 is 1.88 bits per heavy atom. The Labute approximate surface area is 146 Å². The molecule has 130 valence electrons. The lowest BCUT2D eigenvalue weighted by Gasteiger charge is -2.21. The molecule has 2 amide bonds. The van der Waals surface area contributed by atoms with Crippen molar-refractivity contribution < 1.29 is 19.1 Å². The number of ether oxygens (including phenoxy) is 2. The van der Waals surface area contributed by atoms with Crippen LogP contribution in [-0.2, 0) is 20.9 Å². The molecule has 25 heavy (non-hydrogen) atoms. The van der Waals surface area contributed by atoms with Crippen LogP contribution in [0.15, 0.2) is 54.6 Å². The zero-order valence-electron chi connectivity index (χ0n) is 14.0. The van der Waals surface area contributed by atoms with Crippen molar-refractivity contribution >= 4 is 17.7 Å². The van der Waals surface area contributed by atoms with E-state index in [2.05, 4.69) is 5.32 Å². The van der Waals surface area contributed by atoms with Crippen molar-refractivity contribution in [2.75, 3.05) is 18.7 Å². The first-order valence-corrected chi connectivity index (χ1v) is 8.06. The lowest BCUT2D eigenvalue weighted by atomic mass is 10.2. The summed E-state index contributed by atoms with van der Waals surface area (Å²) in [6, 6.07) is 16.1. The number of carbonyl (C=O) groups is 2. The summed E-state index contributed by atoms with van der Waals surface area (Å²) in [7, 11) is 0. The van der Waals surface area contributed by atoms with Crippen molar-refractivity contribution in [3.05, 3.63) is 65.7 Å². The minimum Gasteiger partial charge on any atom is -0.444 e. The first-order chi connectivity index (χ1) is 12.1. The number of nitrogens with zero attached hydrogens (tertiary/aromatic N) is 1. The highest BCUT2D eigenvalue weighted by molar-refractivity contribution is 5.96. The summed E-state index contributed by atoms with van der Waals surface area (Å²) in [6.45, 7) is 2.32. The predicted octanol–water partition coefficient (Wildman–Crippen LogP) is 2.93. The summed E-state index contributed by atoms with van der Waals surface area (Å²) in [6.07, 6.45) is -0.564. The number of benzene rings is 2. The molecule has 2 aromatic rings. The minimum atomic E-state index is -0.704. The van der Waals surface area contributed by atoms with E-state index in [4.69, 9.17) is 9.47 Å². The molecule has 0 aromatic heterocycles. The van der Waals surface area contributed by atoms with Gasteiger partial charge in [0.15, 0.2) is 0 Å². The maximum atomic E-state index is 12.4. The van der Waals surface area contributed by atoms with Gasteiger partial charge in [0.05, 0.1) is 6.61 Å². The van der Waals surface area contributed by atoms with Crippen LogP contribution in [0.5, 0.6) is 0 Å². The maximum absolute atomic E-state index is 12.4. The average Bonchev–Trinajstić information content (AvgIpc) is 3.12. The van der Waals surface area contributed by atoms with E-state index < -0.39 is 12.1 Å². The summed E-state index contributed by atoms with van der Waals surface area (Å²) in [5.41, 5.74) is 2.67. The number of nitrogens with one attached hydrogen (secondary N) is 1. The molecule has 1 unspecified atom stereocenters. The van der Waals surface area contributed by atoms with Gasteiger partial charge in [0.25, 0.3) is 0 Å². The Balaban J connectivity index is 1.58. The van der Waals surface area contributed by atoms with Crippen molar-refractivity contribution in [1.29, 1.82) is 0 Å². The van der Waals surface area contributed by atoms with Crippen LogP contribution in [0.25, 0.3) is 0 Å². The van der Waals surface area contributed by atoms with Crippen LogP contribution in [0.1, 0.15) is 11.1 Å². The Morgan fingerprint density at radius 3 is 2.60 bits per heavy atom. The monoisotopic (exact) mass is 340 g/mol. The quantitative estimate of drug-likeness (QED) is 0.929. The summed E-state index contributed by atoms with van der Waals surface area (Å²) < 4.78 is 10.6. The van der Waals surface area contributed by atoms with Gasteiger partial charge in [0.2, 0.25) is 5.91 Å². The van der Waals surface area contributed by atoms with Gasteiger partial charge in [0, 0.05) is 5.69 Å². The predicted molar refractivity (Wildman–Crippen MR) is 92.9 cm³/mol. The number of hydrogen-bond acceptors (Lipinski definition) is 4. The third kappa shape index (κ3) is 4.36. The molecule has 6 heteroatoms. The number of amides is 2. The Kier molecular flexibility index (Phi) is 5.30. The van der Waals surface area contributed by atoms with Crippen LogP contribution in [0.3, 0.4) is 0 Å². The Morgan fingerprint density at radius 1 is 1.16 bits per heavy atom. The SMILES string of the molecule is Cc1ccc(NC(=O)C2COCN2C(=O)OCc2ccccc2)cc1. The van der Waals surface area contributed by atoms with Crippen LogP contribution in [0, 0.1) is 6.92 Å². The first-order valence-electron chi connectivity index (χ1n) is 8.06. The van der Waals surface area contributed by atoms with E-state index >= 15 is 0 Å². The number of anilines is 1. The van der Waals surface area contributed by atoms with Gasteiger partial charge in [-0.1, -0.05) is 48.0 Å². The van der Waals surface area contributed by atoms with Crippen molar-refractivity contribution in [1.82, 2.24) is 4.90 Å². The van der Waals surface area contributed by atoms with E-state index in [1.54, 1.807) is 0 Å². The van der Waals surface area contributed by atoms with Crippen molar-refractivity contribution in [2.45, 2.75) is 19.6 Å². The topological polar surface area (TPSA) is 67.9 Å². The summed E-state index contributed by atoms with van der Waals surface area (Å²) in [4.78, 5) is 26.0. The molecule has 1 saturated heterocycles. The molecule has 0 bridgehead atoms. The molecule has 0 spiro atoms. The van der Waals surface area contributed by atoms with E-state index in [1.165, 1.54) is 4.90 Å². The molecular weight excluding hydrogens is 320 g/mol. The molecular formula is C19H20N2O4. The second-order valence-corrected chi connectivity index (χ2v) is 5.88. The van der Waals surface area contributed by atoms with Crippen LogP contribution in [0.4, 0.5) is 10.5 Å². The van der Waals surface area contributed by atoms with E-state index in [1.807, 2.05) is 61.5 Å². The van der Waals surface area contributed by atoms with Gasteiger partial charge in [0.1, 0.15) is 19.4 Å². The molecule has 3 rings (SSSR count). The van der Waals surface area contributed by atoms with Crippen LogP contribution >= 0.6 is 0 Å². The zero-order valence-corrected chi connectivity index (χ0v) is 14.0. The van der Waals surface area contributed by atoms with Crippen molar-refractivity contribution in [3.63, 3.8) is 0 Å². The molecule has 1 aliphatic heterocycles. The van der Waals surface area contributed by atoms with Crippen molar-refractivity contribution in [3.8, 4) is 0 Å². The van der Waals surface area contributed by atoms with Crippen LogP contribution in [0.2, 0.25) is 0 Å². The second-order valence-electron chi connectivity index (χ2n) is 5.88. The van der Waals surface area contributed by atoms with Gasteiger partial charge in [-0.15, -0.1) is 0 Å². The van der Waals surface area contributed by atoms with Gasteiger partial charge < -0.3 is 14.8 Å². The lowest BCUT2D eigenvalue weighted by Crippen LogP contribution is -2.44. The number of hydrogen-bond donors (Lipinski definition) is 1. The van der Waals surface area contributed by atoms with E-state index in [-0.39, 0.29) is 25.9 Å². The molecule has 6 nitrogen and oxygen atoms in total. The van der Waals surface area contributed by atoms with Gasteiger partial charge in [-0.25, -0.2) is 4.79 Å². The first kappa shape index (κ1) is 17.0. The molecule has 2 aromatic carbocycles. The third-order valence-corrected chi connectivity index (χ3v) is 3.94. The standard InChI is InChI=1S/C19H20N2O4/c1-14-7-9-16(10-8-14)20-18(22)17-12-24-13-21(17)19(23)25-11-15-5-3-2-4-6-15/h2-10,17H,11-13H2,1H3,(H,20,22). The highest BCUT2D eigenvalue weighted by Crippen LogP contribution is 2.16. The van der Waals surface area contributed by atoms with Gasteiger partial charge in [-0.3, -0.25) is 9.69 Å². The lowest BCUT2D eigenvalue weighted by molar-refractivity contribution is -0.119. The Hall–Kier alpha value is -2.86. The van der Waals surface area contributed by atoms with Crippen LogP contribution in [-0.4, -0.2) is 36.3 Å². The van der Waals surface area contributed by atoms with E-state index in [9.17, 15) is 9.59 Å². The fourth-order valence-corrected chi connectivity index (χ4v) is 2.50. The second kappa shape index (κ2) is 7.81. The summed E-state index contributed by atoms with van der Waals surface area (Å²) in [5, 5.41) is 2.80. The largest absolute Gasteiger partial charge is 0.444 e. The molecule has 1 heterocycles. The van der Waals surface area contributed by atoms with E-state index in [0.717, 1.165) is 11.1 Å². The van der Waals surface area contributed by atoms with E-state index in [0.29, 0.717) is 5.69 Å². The summed E-state index contributed by atoms with van der Waals surface area (Å²) >= 11 is 0. The summed E-state index contributed by atoms with van der Waals surface area (Å²) in [5.74, 6) is -0.294. The fourth-order valence-electron chi connectivity index (χ4n) is 2.50. The van der Waals surface area contributed by atoms with Gasteiger partial charge >= 0.3 is 6.09 Å². The molecule has 0 radical (unpaired) electrons. The molecule has 0 saturated carbocycles. The maximum Gasteiger partial charge on any atom is 0.412 e. The van der Waals surface area contributed by atoms with Crippen molar-refractivity contribution in [2.24, 2.45) is 0 Å². The zero-order chi connectivity index (χ0) is 17.6. The van der Waals surface area contributed by atoms with Gasteiger partial charge in [-0.05, 0) is 24.6 Å². The number of aryl methyl sites for hydroxylation is 1.